The second-order valence-electron chi connectivity index (χ2n) is 4.89. The number of nitrogens with zero attached hydrogens (tertiary/aromatic N) is 2. The lowest BCUT2D eigenvalue weighted by Gasteiger charge is -2.26. The molecule has 94 valence electrons. The van der Waals surface area contributed by atoms with Crippen LogP contribution in [0, 0.1) is 5.82 Å². The highest BCUT2D eigenvalue weighted by Gasteiger charge is 2.25. The largest absolute Gasteiger partial charge is 0.352 e. The average Bonchev–Trinajstić information content (AvgIpc) is 2.75. The molecule has 4 heteroatoms. The zero-order chi connectivity index (χ0) is 12.3. The first-order valence-corrected chi connectivity index (χ1v) is 6.28. The summed E-state index contributed by atoms with van der Waals surface area (Å²) >= 11 is 0. The van der Waals surface area contributed by atoms with E-state index in [0.29, 0.717) is 12.1 Å². The highest BCUT2D eigenvalue weighted by Crippen LogP contribution is 2.23. The summed E-state index contributed by atoms with van der Waals surface area (Å²) in [4.78, 5) is 6.43. The minimum absolute atomic E-state index is 0.273. The Labute approximate surface area is 102 Å². The van der Waals surface area contributed by atoms with E-state index in [9.17, 15) is 4.39 Å². The predicted octanol–water partition coefficient (Wildman–Crippen LogP) is 2.19. The standard InChI is InChI=1S/C13H20FN3/c1-10(2)15-9-12-4-3-7-17(12)13-6-5-11(14)8-16-13/h5-6,8,10,12,15H,3-4,7,9H2,1-2H3. The maximum Gasteiger partial charge on any atom is 0.141 e. The molecule has 1 aliphatic heterocycles. The Morgan fingerprint density at radius 3 is 3.00 bits per heavy atom. The fourth-order valence-electron chi connectivity index (χ4n) is 2.26. The van der Waals surface area contributed by atoms with Crippen molar-refractivity contribution in [2.24, 2.45) is 0 Å². The van der Waals surface area contributed by atoms with Gasteiger partial charge < -0.3 is 10.2 Å². The van der Waals surface area contributed by atoms with Crippen molar-refractivity contribution in [2.75, 3.05) is 18.0 Å². The molecule has 0 aliphatic carbocycles. The number of anilines is 1. The summed E-state index contributed by atoms with van der Waals surface area (Å²) in [6.45, 7) is 6.28. The Morgan fingerprint density at radius 1 is 1.53 bits per heavy atom. The molecule has 0 radical (unpaired) electrons. The summed E-state index contributed by atoms with van der Waals surface area (Å²) in [7, 11) is 0. The molecule has 2 rings (SSSR count). The van der Waals surface area contributed by atoms with Gasteiger partial charge in [0, 0.05) is 25.2 Å². The van der Waals surface area contributed by atoms with E-state index >= 15 is 0 Å². The van der Waals surface area contributed by atoms with Crippen LogP contribution in [0.3, 0.4) is 0 Å². The molecule has 0 saturated carbocycles. The Morgan fingerprint density at radius 2 is 2.35 bits per heavy atom. The third kappa shape index (κ3) is 3.16. The van der Waals surface area contributed by atoms with Crippen LogP contribution in [0.25, 0.3) is 0 Å². The Balaban J connectivity index is 2.01. The number of hydrogen-bond donors (Lipinski definition) is 1. The third-order valence-corrected chi connectivity index (χ3v) is 3.14. The number of nitrogens with one attached hydrogen (secondary N) is 1. The van der Waals surface area contributed by atoms with E-state index in [1.165, 1.54) is 25.1 Å². The fourth-order valence-corrected chi connectivity index (χ4v) is 2.26. The van der Waals surface area contributed by atoms with Gasteiger partial charge in [0.05, 0.1) is 6.20 Å². The molecule has 1 fully saturated rings. The second kappa shape index (κ2) is 5.45. The van der Waals surface area contributed by atoms with Crippen molar-refractivity contribution in [3.05, 3.63) is 24.1 Å². The minimum atomic E-state index is -0.273. The Hall–Kier alpha value is -1.16. The SMILES string of the molecule is CC(C)NCC1CCCN1c1ccc(F)cn1. The summed E-state index contributed by atoms with van der Waals surface area (Å²) in [6, 6.07) is 4.23. The molecule has 3 nitrogen and oxygen atoms in total. The van der Waals surface area contributed by atoms with Crippen molar-refractivity contribution in [2.45, 2.75) is 38.8 Å². The van der Waals surface area contributed by atoms with Gasteiger partial charge in [-0.1, -0.05) is 13.8 Å². The normalized spacial score (nSPS) is 20.2. The molecular weight excluding hydrogens is 217 g/mol. The van der Waals surface area contributed by atoms with E-state index in [-0.39, 0.29) is 5.82 Å². The molecular formula is C13H20FN3. The lowest BCUT2D eigenvalue weighted by atomic mass is 10.2. The predicted molar refractivity (Wildman–Crippen MR) is 67.7 cm³/mol. The van der Waals surface area contributed by atoms with Crippen molar-refractivity contribution in [1.29, 1.82) is 0 Å². The summed E-state index contributed by atoms with van der Waals surface area (Å²) in [5, 5.41) is 3.46. The maximum absolute atomic E-state index is 12.8. The highest BCUT2D eigenvalue weighted by atomic mass is 19.1. The monoisotopic (exact) mass is 237 g/mol. The summed E-state index contributed by atoms with van der Waals surface area (Å²) in [6.07, 6.45) is 3.66. The van der Waals surface area contributed by atoms with E-state index in [4.69, 9.17) is 0 Å². The molecule has 0 spiro atoms. The number of aromatic nitrogens is 1. The van der Waals surface area contributed by atoms with Crippen LogP contribution in [-0.4, -0.2) is 30.2 Å². The fraction of sp³-hybridized carbons (Fsp3) is 0.615. The van der Waals surface area contributed by atoms with E-state index in [1.807, 2.05) is 0 Å². The highest BCUT2D eigenvalue weighted by molar-refractivity contribution is 5.40. The number of hydrogen-bond acceptors (Lipinski definition) is 3. The first-order valence-electron chi connectivity index (χ1n) is 6.28. The Bertz CT molecular complexity index is 350. The number of pyridine rings is 1. The molecule has 1 atom stereocenters. The van der Waals surface area contributed by atoms with Gasteiger partial charge >= 0.3 is 0 Å². The van der Waals surface area contributed by atoms with Crippen LogP contribution in [0.15, 0.2) is 18.3 Å². The topological polar surface area (TPSA) is 28.2 Å². The van der Waals surface area contributed by atoms with Crippen molar-refractivity contribution in [3.63, 3.8) is 0 Å². The van der Waals surface area contributed by atoms with Gasteiger partial charge in [-0.15, -0.1) is 0 Å². The van der Waals surface area contributed by atoms with Crippen molar-refractivity contribution < 1.29 is 4.39 Å². The van der Waals surface area contributed by atoms with Crippen LogP contribution in [0.1, 0.15) is 26.7 Å². The minimum Gasteiger partial charge on any atom is -0.352 e. The van der Waals surface area contributed by atoms with Crippen molar-refractivity contribution >= 4 is 5.82 Å². The smallest absolute Gasteiger partial charge is 0.141 e. The molecule has 0 aromatic carbocycles. The summed E-state index contributed by atoms with van der Waals surface area (Å²) in [5.41, 5.74) is 0. The van der Waals surface area contributed by atoms with E-state index in [0.717, 1.165) is 18.9 Å². The van der Waals surface area contributed by atoms with Gasteiger partial charge in [0.15, 0.2) is 0 Å². The molecule has 17 heavy (non-hydrogen) atoms. The molecule has 0 amide bonds. The molecule has 1 unspecified atom stereocenters. The van der Waals surface area contributed by atoms with Crippen molar-refractivity contribution in [1.82, 2.24) is 10.3 Å². The molecule has 1 aromatic rings. The van der Waals surface area contributed by atoms with Gasteiger partial charge in [-0.25, -0.2) is 9.37 Å². The molecule has 1 saturated heterocycles. The lowest BCUT2D eigenvalue weighted by Crippen LogP contribution is -2.40. The molecule has 1 aliphatic rings. The lowest BCUT2D eigenvalue weighted by molar-refractivity contribution is 0.522. The van der Waals surface area contributed by atoms with Gasteiger partial charge in [-0.3, -0.25) is 0 Å². The zero-order valence-electron chi connectivity index (χ0n) is 10.5. The van der Waals surface area contributed by atoms with E-state index in [2.05, 4.69) is 29.0 Å². The zero-order valence-corrected chi connectivity index (χ0v) is 10.5. The third-order valence-electron chi connectivity index (χ3n) is 3.14. The van der Waals surface area contributed by atoms with E-state index < -0.39 is 0 Å². The first kappa shape index (κ1) is 12.3. The van der Waals surface area contributed by atoms with Gasteiger partial charge in [-0.05, 0) is 25.0 Å². The average molecular weight is 237 g/mol. The van der Waals surface area contributed by atoms with Crippen LogP contribution in [0.5, 0.6) is 0 Å². The van der Waals surface area contributed by atoms with Crippen LogP contribution >= 0.6 is 0 Å². The molecule has 2 heterocycles. The van der Waals surface area contributed by atoms with Crippen LogP contribution in [0.2, 0.25) is 0 Å². The summed E-state index contributed by atoms with van der Waals surface area (Å²) in [5.74, 6) is 0.615. The Kier molecular flexibility index (Phi) is 3.94. The number of rotatable bonds is 4. The summed E-state index contributed by atoms with van der Waals surface area (Å²) < 4.78 is 12.8. The maximum atomic E-state index is 12.8. The van der Waals surface area contributed by atoms with Gasteiger partial charge in [0.1, 0.15) is 11.6 Å². The molecule has 1 aromatic heterocycles. The quantitative estimate of drug-likeness (QED) is 0.870. The molecule has 0 bridgehead atoms. The van der Waals surface area contributed by atoms with E-state index in [1.54, 1.807) is 6.07 Å². The van der Waals surface area contributed by atoms with Gasteiger partial charge in [-0.2, -0.15) is 0 Å². The van der Waals surface area contributed by atoms with Crippen LogP contribution in [0.4, 0.5) is 10.2 Å². The van der Waals surface area contributed by atoms with Crippen LogP contribution in [-0.2, 0) is 0 Å². The van der Waals surface area contributed by atoms with Gasteiger partial charge in [0.2, 0.25) is 0 Å². The van der Waals surface area contributed by atoms with Crippen molar-refractivity contribution in [3.8, 4) is 0 Å². The van der Waals surface area contributed by atoms with Gasteiger partial charge in [0.25, 0.3) is 0 Å². The van der Waals surface area contributed by atoms with Crippen LogP contribution < -0.4 is 10.2 Å². The first-order chi connectivity index (χ1) is 8.16. The second-order valence-corrected chi connectivity index (χ2v) is 4.89. The number of halogens is 1. The molecule has 1 N–H and O–H groups in total.